The number of pyridine rings is 2. The van der Waals surface area contributed by atoms with E-state index in [2.05, 4.69) is 55.6 Å². The molecule has 5 heterocycles. The summed E-state index contributed by atoms with van der Waals surface area (Å²) in [5.74, 6) is 0.817. The molecule has 3 aliphatic carbocycles. The highest BCUT2D eigenvalue weighted by Crippen LogP contribution is 2.67. The van der Waals surface area contributed by atoms with Gasteiger partial charge in [-0.05, 0) is 73.8 Å². The average Bonchev–Trinajstić information content (AvgIpc) is 3.30. The lowest BCUT2D eigenvalue weighted by Gasteiger charge is -2.60. The number of fused-ring (bicyclic) bond motifs is 2. The molecule has 0 bridgehead atoms. The molecule has 192 valence electrons. The molecule has 8 rings (SSSR count). The molecule has 9 heteroatoms. The Bertz CT molecular complexity index is 1630. The minimum Gasteiger partial charge on any atom is -0.322 e. The minimum absolute atomic E-state index is 0.164. The number of hydrogen-bond donors (Lipinski definition) is 1. The van der Waals surface area contributed by atoms with Crippen molar-refractivity contribution in [3.8, 4) is 16.9 Å². The lowest BCUT2D eigenvalue weighted by Crippen LogP contribution is -2.64. The van der Waals surface area contributed by atoms with Crippen LogP contribution >= 0.6 is 0 Å². The second-order valence-electron chi connectivity index (χ2n) is 11.4. The molecule has 0 aromatic carbocycles. The van der Waals surface area contributed by atoms with E-state index in [1.165, 1.54) is 18.4 Å². The van der Waals surface area contributed by atoms with Crippen molar-refractivity contribution >= 4 is 5.65 Å². The maximum atomic E-state index is 14.5. The van der Waals surface area contributed by atoms with Gasteiger partial charge in [-0.2, -0.15) is 0 Å². The monoisotopic (exact) mass is 508 g/mol. The molecule has 0 amide bonds. The number of nitrogens with one attached hydrogen (secondary N) is 1. The molecule has 3 saturated carbocycles. The molecular formula is C29H29FN8. The summed E-state index contributed by atoms with van der Waals surface area (Å²) < 4.78 is 20.4. The lowest BCUT2D eigenvalue weighted by atomic mass is 9.48. The maximum Gasteiger partial charge on any atom is 0.137 e. The molecule has 38 heavy (non-hydrogen) atoms. The van der Waals surface area contributed by atoms with Gasteiger partial charge in [-0.1, -0.05) is 11.3 Å². The van der Waals surface area contributed by atoms with Gasteiger partial charge in [-0.3, -0.25) is 4.98 Å². The fraction of sp³-hybridized carbons (Fsp3) is 0.379. The van der Waals surface area contributed by atoms with Crippen LogP contribution in [0.3, 0.4) is 0 Å². The van der Waals surface area contributed by atoms with E-state index in [1.54, 1.807) is 6.20 Å². The van der Waals surface area contributed by atoms with Gasteiger partial charge in [0.25, 0.3) is 0 Å². The third-order valence-corrected chi connectivity index (χ3v) is 9.07. The smallest absolute Gasteiger partial charge is 0.137 e. The Hall–Kier alpha value is -3.85. The zero-order valence-corrected chi connectivity index (χ0v) is 21.0. The van der Waals surface area contributed by atoms with Crippen molar-refractivity contribution < 1.29 is 4.39 Å². The van der Waals surface area contributed by atoms with Crippen molar-refractivity contribution in [2.45, 2.75) is 56.4 Å². The predicted molar refractivity (Wildman–Crippen MR) is 140 cm³/mol. The van der Waals surface area contributed by atoms with Crippen LogP contribution in [-0.4, -0.2) is 45.1 Å². The Morgan fingerprint density at radius 3 is 2.68 bits per heavy atom. The molecule has 3 fully saturated rings. The summed E-state index contributed by atoms with van der Waals surface area (Å²) in [7, 11) is 0. The van der Waals surface area contributed by atoms with Gasteiger partial charge >= 0.3 is 0 Å². The van der Waals surface area contributed by atoms with Gasteiger partial charge < -0.3 is 14.3 Å². The van der Waals surface area contributed by atoms with Crippen molar-refractivity contribution in [1.29, 1.82) is 0 Å². The van der Waals surface area contributed by atoms with Gasteiger partial charge in [0, 0.05) is 48.6 Å². The van der Waals surface area contributed by atoms with Crippen molar-refractivity contribution in [2.24, 2.45) is 11.8 Å². The molecule has 8 nitrogen and oxygen atoms in total. The summed E-state index contributed by atoms with van der Waals surface area (Å²) in [5, 5.41) is 12.5. The molecule has 3 unspecified atom stereocenters. The molecule has 3 atom stereocenters. The van der Waals surface area contributed by atoms with E-state index >= 15 is 0 Å². The first-order valence-electron chi connectivity index (χ1n) is 13.5. The van der Waals surface area contributed by atoms with Crippen LogP contribution in [0.5, 0.6) is 0 Å². The summed E-state index contributed by atoms with van der Waals surface area (Å²) in [6.45, 7) is 1.33. The Kier molecular flexibility index (Phi) is 4.71. The number of alkyl halides is 1. The van der Waals surface area contributed by atoms with Crippen LogP contribution in [0.1, 0.15) is 43.4 Å². The van der Waals surface area contributed by atoms with Crippen LogP contribution in [0.2, 0.25) is 0 Å². The Balaban J connectivity index is 0.949. The summed E-state index contributed by atoms with van der Waals surface area (Å²) in [6.07, 6.45) is 18.7. The van der Waals surface area contributed by atoms with Crippen molar-refractivity contribution in [1.82, 2.24) is 39.2 Å². The van der Waals surface area contributed by atoms with Crippen LogP contribution in [0.4, 0.5) is 4.39 Å². The Morgan fingerprint density at radius 2 is 1.92 bits per heavy atom. The first-order chi connectivity index (χ1) is 18.6. The largest absolute Gasteiger partial charge is 0.322 e. The second-order valence-corrected chi connectivity index (χ2v) is 11.4. The highest BCUT2D eigenvalue weighted by Gasteiger charge is 2.68. The summed E-state index contributed by atoms with van der Waals surface area (Å²) in [5.41, 5.74) is 5.04. The zero-order chi connectivity index (χ0) is 25.3. The standard InChI is InChI=1S/C29H29FN8/c30-28-6-5-24(28)25(12-28)29(7-8-29)32-13-20-3-4-27-33-22(17-37(27)16-20)18-38-19-26(34-35-38)21-11-23(15-31-14-21)36-9-1-2-10-36/h1-4,9-11,14-17,19,24-25,32H,5-8,12-13,18H2. The van der Waals surface area contributed by atoms with E-state index < -0.39 is 5.67 Å². The average molecular weight is 509 g/mol. The fourth-order valence-electron chi connectivity index (χ4n) is 6.62. The van der Waals surface area contributed by atoms with E-state index in [4.69, 9.17) is 4.98 Å². The highest BCUT2D eigenvalue weighted by atomic mass is 19.1. The van der Waals surface area contributed by atoms with Crippen LogP contribution in [0.25, 0.3) is 22.6 Å². The van der Waals surface area contributed by atoms with Gasteiger partial charge in [0.2, 0.25) is 0 Å². The van der Waals surface area contributed by atoms with Crippen LogP contribution in [-0.2, 0) is 13.1 Å². The van der Waals surface area contributed by atoms with Gasteiger partial charge in [0.15, 0.2) is 0 Å². The van der Waals surface area contributed by atoms with Crippen LogP contribution in [0.15, 0.2) is 73.7 Å². The molecular weight excluding hydrogens is 479 g/mol. The number of nitrogens with zero attached hydrogens (tertiary/aromatic N) is 7. The molecule has 5 aromatic rings. The van der Waals surface area contributed by atoms with Crippen LogP contribution < -0.4 is 5.32 Å². The quantitative estimate of drug-likeness (QED) is 0.332. The SMILES string of the molecule is FC12CCC1C(C1(NCc3ccc4nc(Cn5cc(-c6cncc(-n7cccc7)c6)nn5)cn4c3)CC1)C2. The summed E-state index contributed by atoms with van der Waals surface area (Å²) in [4.78, 5) is 9.16. The van der Waals surface area contributed by atoms with Gasteiger partial charge in [-0.25, -0.2) is 14.1 Å². The van der Waals surface area contributed by atoms with Crippen molar-refractivity contribution in [3.05, 3.63) is 85.0 Å². The second kappa shape index (κ2) is 8.07. The number of imidazole rings is 1. The normalized spacial score (nSPS) is 25.1. The lowest BCUT2D eigenvalue weighted by molar-refractivity contribution is -0.167. The third-order valence-electron chi connectivity index (χ3n) is 9.07. The van der Waals surface area contributed by atoms with Gasteiger partial charge in [0.05, 0.1) is 30.3 Å². The first-order valence-corrected chi connectivity index (χ1v) is 13.5. The van der Waals surface area contributed by atoms with Crippen molar-refractivity contribution in [3.63, 3.8) is 0 Å². The molecule has 0 aliphatic heterocycles. The van der Waals surface area contributed by atoms with E-state index in [-0.39, 0.29) is 5.54 Å². The summed E-state index contributed by atoms with van der Waals surface area (Å²) in [6, 6.07) is 10.2. The molecule has 0 saturated heterocycles. The first kappa shape index (κ1) is 22.2. The Labute approximate surface area is 219 Å². The van der Waals surface area contributed by atoms with Crippen LogP contribution in [0, 0.1) is 11.8 Å². The van der Waals surface area contributed by atoms with E-state index in [0.29, 0.717) is 18.4 Å². The number of halogens is 1. The molecule has 1 N–H and O–H groups in total. The zero-order valence-electron chi connectivity index (χ0n) is 21.0. The molecule has 5 aromatic heterocycles. The molecule has 0 spiro atoms. The number of rotatable bonds is 8. The maximum absolute atomic E-state index is 14.5. The van der Waals surface area contributed by atoms with Crippen molar-refractivity contribution in [2.75, 3.05) is 0 Å². The number of hydrogen-bond acceptors (Lipinski definition) is 5. The number of aromatic nitrogens is 7. The topological polar surface area (TPSA) is 77.9 Å². The predicted octanol–water partition coefficient (Wildman–Crippen LogP) is 4.59. The summed E-state index contributed by atoms with van der Waals surface area (Å²) >= 11 is 0. The molecule has 0 radical (unpaired) electrons. The van der Waals surface area contributed by atoms with Gasteiger partial charge in [0.1, 0.15) is 17.0 Å². The fourth-order valence-corrected chi connectivity index (χ4v) is 6.62. The highest BCUT2D eigenvalue weighted by molar-refractivity contribution is 5.59. The van der Waals surface area contributed by atoms with E-state index in [0.717, 1.165) is 54.1 Å². The molecule has 3 aliphatic rings. The third kappa shape index (κ3) is 3.60. The van der Waals surface area contributed by atoms with Gasteiger partial charge in [-0.15, -0.1) is 5.10 Å². The Morgan fingerprint density at radius 1 is 1.03 bits per heavy atom. The van der Waals surface area contributed by atoms with E-state index in [9.17, 15) is 4.39 Å². The minimum atomic E-state index is -0.831. The van der Waals surface area contributed by atoms with E-state index in [1.807, 2.05) is 46.2 Å².